The van der Waals surface area contributed by atoms with Crippen molar-refractivity contribution in [2.24, 2.45) is 13.0 Å². The normalized spacial score (nSPS) is 13.5. The average Bonchev–Trinajstić information content (AvgIpc) is 3.53. The molecular formula is C28H21F3N8O. The van der Waals surface area contributed by atoms with Crippen molar-refractivity contribution in [3.63, 3.8) is 0 Å². The molecule has 1 atom stereocenters. The molecule has 0 fully saturated rings. The number of amides is 1. The van der Waals surface area contributed by atoms with Crippen LogP contribution in [0.2, 0.25) is 0 Å². The van der Waals surface area contributed by atoms with Crippen LogP contribution in [0.1, 0.15) is 34.0 Å². The SMILES string of the molecule is C[C@@H](C#N)CNc1cc(-c2cc(C#N)ccc2-c2nncn2C)cc(N2Cc3c(cccc3C(F)(F)F)C2=O)n1. The molecule has 0 saturated carbocycles. The number of fused-ring (bicyclic) bond motifs is 1. The number of carbonyl (C=O) groups is 1. The highest BCUT2D eigenvalue weighted by atomic mass is 19.4. The van der Waals surface area contributed by atoms with Crippen LogP contribution >= 0.6 is 0 Å². The third-order valence-electron chi connectivity index (χ3n) is 6.58. The zero-order chi connectivity index (χ0) is 28.6. The minimum Gasteiger partial charge on any atom is -0.369 e. The number of hydrogen-bond acceptors (Lipinski definition) is 7. The molecule has 0 radical (unpaired) electrons. The van der Waals surface area contributed by atoms with Gasteiger partial charge in [-0.1, -0.05) is 6.07 Å². The third kappa shape index (κ3) is 4.83. The Hall–Kier alpha value is -5.23. The van der Waals surface area contributed by atoms with Gasteiger partial charge in [-0.3, -0.25) is 9.69 Å². The highest BCUT2D eigenvalue weighted by molar-refractivity contribution is 6.10. The Balaban J connectivity index is 1.66. The fourth-order valence-electron chi connectivity index (χ4n) is 4.56. The number of aromatic nitrogens is 4. The first-order chi connectivity index (χ1) is 19.1. The lowest BCUT2D eigenvalue weighted by Crippen LogP contribution is -2.24. The van der Waals surface area contributed by atoms with Gasteiger partial charge in [-0.05, 0) is 66.1 Å². The largest absolute Gasteiger partial charge is 0.416 e. The summed E-state index contributed by atoms with van der Waals surface area (Å²) >= 11 is 0. The van der Waals surface area contributed by atoms with Gasteiger partial charge in [0.2, 0.25) is 0 Å². The first-order valence-electron chi connectivity index (χ1n) is 12.2. The van der Waals surface area contributed by atoms with Crippen LogP contribution in [-0.4, -0.2) is 32.2 Å². The van der Waals surface area contributed by atoms with Crippen molar-refractivity contribution in [1.29, 1.82) is 10.5 Å². The zero-order valence-corrected chi connectivity index (χ0v) is 21.4. The molecule has 5 rings (SSSR count). The quantitative estimate of drug-likeness (QED) is 0.357. The van der Waals surface area contributed by atoms with Crippen LogP contribution in [0.15, 0.2) is 54.9 Å². The maximum Gasteiger partial charge on any atom is 0.416 e. The van der Waals surface area contributed by atoms with E-state index in [2.05, 4.69) is 32.6 Å². The monoisotopic (exact) mass is 542 g/mol. The van der Waals surface area contributed by atoms with Crippen molar-refractivity contribution in [2.45, 2.75) is 19.6 Å². The molecule has 40 heavy (non-hydrogen) atoms. The van der Waals surface area contributed by atoms with Crippen LogP contribution in [0, 0.1) is 28.6 Å². The second kappa shape index (κ2) is 10.2. The third-order valence-corrected chi connectivity index (χ3v) is 6.58. The summed E-state index contributed by atoms with van der Waals surface area (Å²) in [6.45, 7) is 1.65. The number of benzene rings is 2. The molecule has 2 aromatic heterocycles. The predicted molar refractivity (Wildman–Crippen MR) is 140 cm³/mol. The van der Waals surface area contributed by atoms with Gasteiger partial charge < -0.3 is 9.88 Å². The number of hydrogen-bond donors (Lipinski definition) is 1. The van der Waals surface area contributed by atoms with E-state index in [-0.39, 0.29) is 36.0 Å². The molecule has 0 aliphatic carbocycles. The summed E-state index contributed by atoms with van der Waals surface area (Å²) in [4.78, 5) is 19.1. The van der Waals surface area contributed by atoms with E-state index in [1.165, 1.54) is 23.4 Å². The minimum atomic E-state index is -4.63. The van der Waals surface area contributed by atoms with E-state index in [9.17, 15) is 28.5 Å². The number of alkyl halides is 3. The van der Waals surface area contributed by atoms with Gasteiger partial charge >= 0.3 is 6.18 Å². The summed E-state index contributed by atoms with van der Waals surface area (Å²) in [6.07, 6.45) is -3.09. The number of aryl methyl sites for hydroxylation is 1. The van der Waals surface area contributed by atoms with Crippen molar-refractivity contribution in [3.8, 4) is 34.7 Å². The summed E-state index contributed by atoms with van der Waals surface area (Å²) in [5, 5.41) is 30.0. The van der Waals surface area contributed by atoms with Gasteiger partial charge in [0.05, 0.1) is 35.7 Å². The number of rotatable bonds is 6. The van der Waals surface area contributed by atoms with E-state index in [1.54, 1.807) is 48.9 Å². The van der Waals surface area contributed by atoms with Crippen LogP contribution in [0.4, 0.5) is 24.8 Å². The molecule has 12 heteroatoms. The second-order valence-corrected chi connectivity index (χ2v) is 9.37. The fourth-order valence-corrected chi connectivity index (χ4v) is 4.56. The number of halogens is 3. The predicted octanol–water partition coefficient (Wildman–Crippen LogP) is 5.17. The average molecular weight is 543 g/mol. The van der Waals surface area contributed by atoms with Crippen molar-refractivity contribution in [1.82, 2.24) is 19.7 Å². The smallest absolute Gasteiger partial charge is 0.369 e. The number of pyridine rings is 1. The Bertz CT molecular complexity index is 1710. The number of anilines is 2. The molecule has 1 N–H and O–H groups in total. The summed E-state index contributed by atoms with van der Waals surface area (Å²) in [5.41, 5.74) is 1.09. The molecule has 2 aromatic carbocycles. The van der Waals surface area contributed by atoms with E-state index in [0.717, 1.165) is 6.07 Å². The van der Waals surface area contributed by atoms with Gasteiger partial charge in [-0.15, -0.1) is 10.2 Å². The Labute approximate surface area is 227 Å². The number of nitrogens with zero attached hydrogens (tertiary/aromatic N) is 7. The maximum absolute atomic E-state index is 13.7. The lowest BCUT2D eigenvalue weighted by Gasteiger charge is -2.19. The van der Waals surface area contributed by atoms with Gasteiger partial charge in [0.15, 0.2) is 5.82 Å². The van der Waals surface area contributed by atoms with Crippen LogP contribution < -0.4 is 10.2 Å². The molecule has 1 aliphatic rings. The topological polar surface area (TPSA) is 124 Å². The summed E-state index contributed by atoms with van der Waals surface area (Å²) < 4.78 is 42.9. The highest BCUT2D eigenvalue weighted by Gasteiger charge is 2.40. The molecule has 3 heterocycles. The number of nitrogens with one attached hydrogen (secondary N) is 1. The van der Waals surface area contributed by atoms with E-state index >= 15 is 0 Å². The van der Waals surface area contributed by atoms with Gasteiger partial charge in [-0.25, -0.2) is 4.98 Å². The van der Waals surface area contributed by atoms with E-state index < -0.39 is 17.6 Å². The minimum absolute atomic E-state index is 0.0408. The molecule has 4 aromatic rings. The number of carbonyl (C=O) groups excluding carboxylic acids is 1. The zero-order valence-electron chi connectivity index (χ0n) is 21.4. The summed E-state index contributed by atoms with van der Waals surface area (Å²) in [6, 6.07) is 16.1. The van der Waals surface area contributed by atoms with Crippen LogP contribution in [0.3, 0.4) is 0 Å². The maximum atomic E-state index is 13.7. The highest BCUT2D eigenvalue weighted by Crippen LogP contribution is 2.40. The van der Waals surface area contributed by atoms with E-state index in [0.29, 0.717) is 33.9 Å². The molecule has 0 bridgehead atoms. The van der Waals surface area contributed by atoms with Crippen molar-refractivity contribution < 1.29 is 18.0 Å². The molecule has 9 nitrogen and oxygen atoms in total. The molecule has 0 unspecified atom stereocenters. The standard InChI is InChI=1S/C28H21F3N8O/c1-16(11-32)13-34-24-9-18(21-8-17(12-33)6-7-19(21)26-37-35-15-38(26)2)10-25(36-24)39-14-22-20(27(39)40)4-3-5-23(22)28(29,30)31/h3-10,15-16H,13-14H2,1-2H3,(H,34,36)/t16-/m0/s1. The van der Waals surface area contributed by atoms with E-state index in [1.807, 2.05) is 0 Å². The molecule has 200 valence electrons. The summed E-state index contributed by atoms with van der Waals surface area (Å²) in [7, 11) is 1.77. The van der Waals surface area contributed by atoms with Crippen LogP contribution in [0.25, 0.3) is 22.5 Å². The van der Waals surface area contributed by atoms with Crippen molar-refractivity contribution in [3.05, 3.63) is 77.1 Å². The second-order valence-electron chi connectivity index (χ2n) is 9.37. The molecule has 0 spiro atoms. The first-order valence-corrected chi connectivity index (χ1v) is 12.2. The van der Waals surface area contributed by atoms with Gasteiger partial charge in [-0.2, -0.15) is 23.7 Å². The summed E-state index contributed by atoms with van der Waals surface area (Å²) in [5.74, 6) is -0.0331. The van der Waals surface area contributed by atoms with Crippen LogP contribution in [0.5, 0.6) is 0 Å². The Morgan fingerprint density at radius 1 is 1.10 bits per heavy atom. The lowest BCUT2D eigenvalue weighted by molar-refractivity contribution is -0.138. The van der Waals surface area contributed by atoms with Gasteiger partial charge in [0.1, 0.15) is 18.0 Å². The molecular weight excluding hydrogens is 521 g/mol. The molecule has 1 amide bonds. The molecule has 0 saturated heterocycles. The van der Waals surface area contributed by atoms with Crippen LogP contribution in [-0.2, 0) is 19.8 Å². The number of nitriles is 2. The Morgan fingerprint density at radius 2 is 1.90 bits per heavy atom. The Morgan fingerprint density at radius 3 is 2.58 bits per heavy atom. The van der Waals surface area contributed by atoms with Gasteiger partial charge in [0.25, 0.3) is 5.91 Å². The lowest BCUT2D eigenvalue weighted by atomic mass is 9.97. The Kier molecular flexibility index (Phi) is 6.69. The fraction of sp³-hybridized carbons (Fsp3) is 0.214. The van der Waals surface area contributed by atoms with Gasteiger partial charge in [0, 0.05) is 24.7 Å². The van der Waals surface area contributed by atoms with E-state index in [4.69, 9.17) is 0 Å². The first kappa shape index (κ1) is 26.4. The molecule has 1 aliphatic heterocycles. The van der Waals surface area contributed by atoms with Crippen molar-refractivity contribution >= 4 is 17.5 Å². The van der Waals surface area contributed by atoms with Crippen molar-refractivity contribution in [2.75, 3.05) is 16.8 Å².